The number of anilines is 1. The number of fused-ring (bicyclic) bond motifs is 1. The van der Waals surface area contributed by atoms with Crippen molar-refractivity contribution in [1.29, 1.82) is 5.26 Å². The quantitative estimate of drug-likeness (QED) is 0.793. The summed E-state index contributed by atoms with van der Waals surface area (Å²) < 4.78 is 4.96. The van der Waals surface area contributed by atoms with Gasteiger partial charge in [-0.15, -0.1) is 11.3 Å². The van der Waals surface area contributed by atoms with E-state index in [1.54, 1.807) is 11.3 Å². The summed E-state index contributed by atoms with van der Waals surface area (Å²) in [6, 6.07) is 2.26. The number of thiophene rings is 1. The average molecular weight is 383 g/mol. The Morgan fingerprint density at radius 2 is 2.26 bits per heavy atom. The van der Waals surface area contributed by atoms with Crippen LogP contribution in [0.2, 0.25) is 0 Å². The third-order valence-electron chi connectivity index (χ3n) is 3.43. The van der Waals surface area contributed by atoms with Crippen molar-refractivity contribution in [3.8, 4) is 6.07 Å². The van der Waals surface area contributed by atoms with Crippen LogP contribution in [0.1, 0.15) is 28.8 Å². The van der Waals surface area contributed by atoms with Gasteiger partial charge < -0.3 is 5.32 Å². The van der Waals surface area contributed by atoms with E-state index in [0.29, 0.717) is 10.6 Å². The van der Waals surface area contributed by atoms with Crippen molar-refractivity contribution >= 4 is 57.3 Å². The standard InChI is InChI=1S/C14H14N4OS4/c1-20-13-17-14(23-18-13)21-7-11(19)16-12-9(6-15)8-4-2-3-5-10(8)22-12/h2-5,7H2,1H3,(H,16,19). The number of thioether (sulfide) groups is 2. The van der Waals surface area contributed by atoms with Crippen molar-refractivity contribution in [2.45, 2.75) is 35.2 Å². The Morgan fingerprint density at radius 1 is 1.43 bits per heavy atom. The summed E-state index contributed by atoms with van der Waals surface area (Å²) in [6.45, 7) is 0. The van der Waals surface area contributed by atoms with Gasteiger partial charge in [-0.1, -0.05) is 23.5 Å². The fourth-order valence-corrected chi connectivity index (χ4v) is 5.67. The first-order valence-electron chi connectivity index (χ1n) is 7.06. The second-order valence-corrected chi connectivity index (χ2v) is 8.76. The van der Waals surface area contributed by atoms with E-state index >= 15 is 0 Å². The van der Waals surface area contributed by atoms with Crippen LogP contribution in [0.25, 0.3) is 0 Å². The molecule has 3 rings (SSSR count). The number of nitrogens with zero attached hydrogens (tertiary/aromatic N) is 3. The van der Waals surface area contributed by atoms with E-state index in [-0.39, 0.29) is 11.7 Å². The molecule has 1 aliphatic rings. The third kappa shape index (κ3) is 3.88. The van der Waals surface area contributed by atoms with E-state index in [9.17, 15) is 10.1 Å². The number of nitriles is 1. The van der Waals surface area contributed by atoms with Gasteiger partial charge in [0, 0.05) is 4.88 Å². The molecule has 0 saturated heterocycles. The number of carbonyl (C=O) groups is 1. The average Bonchev–Trinajstić information content (AvgIpc) is 3.16. The van der Waals surface area contributed by atoms with Crippen molar-refractivity contribution in [2.75, 3.05) is 17.3 Å². The maximum Gasteiger partial charge on any atom is 0.235 e. The highest BCUT2D eigenvalue weighted by atomic mass is 32.2. The fourth-order valence-electron chi connectivity index (χ4n) is 2.40. The van der Waals surface area contributed by atoms with E-state index < -0.39 is 0 Å². The minimum atomic E-state index is -0.106. The van der Waals surface area contributed by atoms with Crippen molar-refractivity contribution < 1.29 is 4.79 Å². The molecular weight excluding hydrogens is 368 g/mol. The molecule has 0 atom stereocenters. The van der Waals surface area contributed by atoms with E-state index in [0.717, 1.165) is 40.7 Å². The highest BCUT2D eigenvalue weighted by Gasteiger charge is 2.21. The maximum atomic E-state index is 12.2. The van der Waals surface area contributed by atoms with Crippen molar-refractivity contribution in [2.24, 2.45) is 0 Å². The van der Waals surface area contributed by atoms with E-state index in [2.05, 4.69) is 20.7 Å². The molecule has 0 unspecified atom stereocenters. The summed E-state index contributed by atoms with van der Waals surface area (Å²) in [6.07, 6.45) is 6.17. The summed E-state index contributed by atoms with van der Waals surface area (Å²) >= 11 is 5.72. The predicted molar refractivity (Wildman–Crippen MR) is 96.7 cm³/mol. The molecule has 9 heteroatoms. The predicted octanol–water partition coefficient (Wildman–Crippen LogP) is 3.80. The number of aromatic nitrogens is 2. The van der Waals surface area contributed by atoms with Crippen LogP contribution in [0.5, 0.6) is 0 Å². The summed E-state index contributed by atoms with van der Waals surface area (Å²) in [4.78, 5) is 17.7. The summed E-state index contributed by atoms with van der Waals surface area (Å²) in [5.74, 6) is 0.169. The zero-order valence-corrected chi connectivity index (χ0v) is 15.7. The van der Waals surface area contributed by atoms with Gasteiger partial charge in [0.1, 0.15) is 11.1 Å². The molecule has 2 heterocycles. The van der Waals surface area contributed by atoms with Gasteiger partial charge in [-0.3, -0.25) is 4.79 Å². The van der Waals surface area contributed by atoms with E-state index in [1.165, 1.54) is 39.9 Å². The van der Waals surface area contributed by atoms with Gasteiger partial charge in [-0.05, 0) is 49.0 Å². The highest BCUT2D eigenvalue weighted by molar-refractivity contribution is 8.01. The van der Waals surface area contributed by atoms with Gasteiger partial charge in [0.2, 0.25) is 11.1 Å². The molecule has 0 spiro atoms. The van der Waals surface area contributed by atoms with Gasteiger partial charge in [-0.25, -0.2) is 4.98 Å². The van der Waals surface area contributed by atoms with Gasteiger partial charge in [0.15, 0.2) is 4.34 Å². The summed E-state index contributed by atoms with van der Waals surface area (Å²) in [5, 5.41) is 13.7. The molecule has 2 aromatic heterocycles. The Labute approximate surface area is 151 Å². The number of nitrogens with one attached hydrogen (secondary N) is 1. The molecular formula is C14H14N4OS4. The summed E-state index contributed by atoms with van der Waals surface area (Å²) in [7, 11) is 0. The van der Waals surface area contributed by atoms with Crippen LogP contribution >= 0.6 is 46.4 Å². The number of amides is 1. The Kier molecular flexibility index (Phi) is 5.58. The molecule has 0 bridgehead atoms. The molecule has 0 fully saturated rings. The minimum absolute atomic E-state index is 0.106. The van der Waals surface area contributed by atoms with Crippen LogP contribution in [0, 0.1) is 11.3 Å². The van der Waals surface area contributed by atoms with Crippen LogP contribution < -0.4 is 5.32 Å². The van der Waals surface area contributed by atoms with Crippen molar-refractivity contribution in [3.63, 3.8) is 0 Å². The van der Waals surface area contributed by atoms with E-state index in [4.69, 9.17) is 0 Å². The lowest BCUT2D eigenvalue weighted by Crippen LogP contribution is -2.13. The molecule has 23 heavy (non-hydrogen) atoms. The second kappa shape index (κ2) is 7.66. The Bertz CT molecular complexity index is 761. The van der Waals surface area contributed by atoms with E-state index in [1.807, 2.05) is 6.26 Å². The topological polar surface area (TPSA) is 78.7 Å². The third-order valence-corrected chi connectivity index (χ3v) is 7.14. The van der Waals surface area contributed by atoms with Crippen molar-refractivity contribution in [3.05, 3.63) is 16.0 Å². The normalized spacial score (nSPS) is 13.4. The second-order valence-electron chi connectivity index (χ2n) is 4.91. The van der Waals surface area contributed by atoms with Crippen LogP contribution in [0.15, 0.2) is 9.50 Å². The fraction of sp³-hybridized carbons (Fsp3) is 0.429. The molecule has 1 amide bonds. The SMILES string of the molecule is CSc1nsc(SCC(=O)Nc2sc3c(c2C#N)CCCC3)n1. The van der Waals surface area contributed by atoms with Crippen LogP contribution in [0.4, 0.5) is 5.00 Å². The van der Waals surface area contributed by atoms with Gasteiger partial charge in [0.25, 0.3) is 0 Å². The monoisotopic (exact) mass is 382 g/mol. The largest absolute Gasteiger partial charge is 0.316 e. The lowest BCUT2D eigenvalue weighted by atomic mass is 9.96. The zero-order chi connectivity index (χ0) is 16.2. The molecule has 5 nitrogen and oxygen atoms in total. The molecule has 1 aliphatic carbocycles. The molecule has 1 N–H and O–H groups in total. The Hall–Kier alpha value is -1.08. The lowest BCUT2D eigenvalue weighted by Gasteiger charge is -2.09. The number of rotatable bonds is 5. The molecule has 0 radical (unpaired) electrons. The first-order chi connectivity index (χ1) is 11.2. The molecule has 0 aromatic carbocycles. The maximum absolute atomic E-state index is 12.2. The zero-order valence-electron chi connectivity index (χ0n) is 12.4. The minimum Gasteiger partial charge on any atom is -0.316 e. The van der Waals surface area contributed by atoms with Crippen LogP contribution in [-0.2, 0) is 17.6 Å². The number of aryl methyl sites for hydroxylation is 1. The highest BCUT2D eigenvalue weighted by Crippen LogP contribution is 2.37. The van der Waals surface area contributed by atoms with Crippen LogP contribution in [0.3, 0.4) is 0 Å². The Morgan fingerprint density at radius 3 is 3.00 bits per heavy atom. The van der Waals surface area contributed by atoms with Crippen molar-refractivity contribution in [1.82, 2.24) is 9.36 Å². The smallest absolute Gasteiger partial charge is 0.235 e. The first-order valence-corrected chi connectivity index (χ1v) is 10.9. The lowest BCUT2D eigenvalue weighted by molar-refractivity contribution is -0.113. The van der Waals surface area contributed by atoms with Gasteiger partial charge in [0.05, 0.1) is 11.3 Å². The molecule has 2 aromatic rings. The van der Waals surface area contributed by atoms with Gasteiger partial charge in [-0.2, -0.15) is 9.64 Å². The first kappa shape index (κ1) is 16.8. The molecule has 0 aliphatic heterocycles. The van der Waals surface area contributed by atoms with Crippen LogP contribution in [-0.4, -0.2) is 27.3 Å². The summed E-state index contributed by atoms with van der Waals surface area (Å²) in [5.41, 5.74) is 1.80. The Balaban J connectivity index is 1.64. The molecule has 120 valence electrons. The number of hydrogen-bond donors (Lipinski definition) is 1. The number of hydrogen-bond acceptors (Lipinski definition) is 8. The number of carbonyl (C=O) groups excluding carboxylic acids is 1. The molecule has 0 saturated carbocycles. The van der Waals surface area contributed by atoms with Gasteiger partial charge >= 0.3 is 0 Å².